The van der Waals surface area contributed by atoms with Crippen molar-refractivity contribution in [1.29, 1.82) is 0 Å². The zero-order valence-electron chi connectivity index (χ0n) is 7.27. The molecule has 2 atom stereocenters. The summed E-state index contributed by atoms with van der Waals surface area (Å²) in [6, 6.07) is 6.09. The third kappa shape index (κ3) is 2.28. The molecule has 0 aliphatic carbocycles. The molecule has 0 aliphatic heterocycles. The van der Waals surface area contributed by atoms with Crippen molar-refractivity contribution >= 4 is 6.29 Å². The molecule has 0 radical (unpaired) electrons. The number of aldehydes is 1. The molecule has 3 heteroatoms. The van der Waals surface area contributed by atoms with Gasteiger partial charge in [-0.05, 0) is 24.6 Å². The minimum Gasteiger partial charge on any atom is -0.508 e. The molecule has 2 nitrogen and oxygen atoms in total. The largest absolute Gasteiger partial charge is 0.508 e. The van der Waals surface area contributed by atoms with Crippen LogP contribution in [0.1, 0.15) is 18.4 Å². The molecule has 0 saturated carbocycles. The van der Waals surface area contributed by atoms with Crippen molar-refractivity contribution in [3.63, 3.8) is 0 Å². The van der Waals surface area contributed by atoms with Crippen LogP contribution in [0.15, 0.2) is 24.3 Å². The van der Waals surface area contributed by atoms with E-state index >= 15 is 0 Å². The van der Waals surface area contributed by atoms with Gasteiger partial charge in [-0.25, -0.2) is 4.39 Å². The Morgan fingerprint density at radius 1 is 1.54 bits per heavy atom. The van der Waals surface area contributed by atoms with Crippen LogP contribution >= 0.6 is 0 Å². The van der Waals surface area contributed by atoms with E-state index in [9.17, 15) is 9.18 Å². The van der Waals surface area contributed by atoms with Crippen molar-refractivity contribution in [2.75, 3.05) is 0 Å². The number of phenolic OH excluding ortho intramolecular Hbond substituents is 1. The average molecular weight is 182 g/mol. The number of carbonyl (C=O) groups is 1. The Morgan fingerprint density at radius 2 is 2.23 bits per heavy atom. The minimum atomic E-state index is -1.24. The maximum absolute atomic E-state index is 12.9. The fourth-order valence-corrected chi connectivity index (χ4v) is 1.18. The second-order valence-electron chi connectivity index (χ2n) is 2.93. The van der Waals surface area contributed by atoms with Crippen LogP contribution in [0.3, 0.4) is 0 Å². The maximum Gasteiger partial charge on any atom is 0.130 e. The molecule has 0 fully saturated rings. The summed E-state index contributed by atoms with van der Waals surface area (Å²) >= 11 is 0. The number of carbonyl (C=O) groups excluding carboxylic acids is 1. The number of phenols is 1. The first-order chi connectivity index (χ1) is 6.15. The molecule has 1 rings (SSSR count). The van der Waals surface area contributed by atoms with Gasteiger partial charge in [0.1, 0.15) is 18.2 Å². The van der Waals surface area contributed by atoms with E-state index in [-0.39, 0.29) is 5.75 Å². The van der Waals surface area contributed by atoms with E-state index < -0.39 is 12.1 Å². The predicted octanol–water partition coefficient (Wildman–Crippen LogP) is 2.03. The Morgan fingerprint density at radius 3 is 2.69 bits per heavy atom. The third-order valence-electron chi connectivity index (χ3n) is 1.90. The summed E-state index contributed by atoms with van der Waals surface area (Å²) in [6.07, 6.45) is -0.682. The fraction of sp³-hybridized carbons (Fsp3) is 0.300. The van der Waals surface area contributed by atoms with Crippen LogP contribution in [0.5, 0.6) is 5.75 Å². The fourth-order valence-electron chi connectivity index (χ4n) is 1.18. The van der Waals surface area contributed by atoms with Crippen LogP contribution in [0.2, 0.25) is 0 Å². The van der Waals surface area contributed by atoms with Gasteiger partial charge in [-0.3, -0.25) is 0 Å². The minimum absolute atomic E-state index is 0.0463. The number of halogens is 1. The number of benzene rings is 1. The second kappa shape index (κ2) is 4.03. The molecule has 1 aromatic rings. The van der Waals surface area contributed by atoms with E-state index in [1.165, 1.54) is 19.1 Å². The number of rotatable bonds is 3. The molecular formula is C10H11FO2. The van der Waals surface area contributed by atoms with Gasteiger partial charge < -0.3 is 9.90 Å². The summed E-state index contributed by atoms with van der Waals surface area (Å²) in [5.74, 6) is -0.739. The zero-order valence-corrected chi connectivity index (χ0v) is 7.27. The van der Waals surface area contributed by atoms with Gasteiger partial charge in [0.25, 0.3) is 0 Å². The smallest absolute Gasteiger partial charge is 0.130 e. The lowest BCUT2D eigenvalue weighted by atomic mass is 9.97. The second-order valence-corrected chi connectivity index (χ2v) is 2.93. The highest BCUT2D eigenvalue weighted by atomic mass is 19.1. The van der Waals surface area contributed by atoms with Gasteiger partial charge in [0.05, 0.1) is 5.92 Å². The molecule has 0 aliphatic rings. The highest BCUT2D eigenvalue weighted by Crippen LogP contribution is 2.22. The normalized spacial score (nSPS) is 14.9. The van der Waals surface area contributed by atoms with Crippen LogP contribution in [-0.2, 0) is 4.79 Å². The predicted molar refractivity (Wildman–Crippen MR) is 47.5 cm³/mol. The van der Waals surface area contributed by atoms with Gasteiger partial charge in [-0.2, -0.15) is 0 Å². The van der Waals surface area contributed by atoms with Gasteiger partial charge in [0.15, 0.2) is 0 Å². The molecule has 0 spiro atoms. The molecule has 1 N–H and O–H groups in total. The van der Waals surface area contributed by atoms with Gasteiger partial charge in [-0.1, -0.05) is 12.1 Å². The lowest BCUT2D eigenvalue weighted by Crippen LogP contribution is -2.11. The Hall–Kier alpha value is -1.38. The van der Waals surface area contributed by atoms with Gasteiger partial charge in [-0.15, -0.1) is 0 Å². The maximum atomic E-state index is 12.9. The summed E-state index contributed by atoms with van der Waals surface area (Å²) in [7, 11) is 0. The zero-order chi connectivity index (χ0) is 9.84. The number of hydrogen-bond acceptors (Lipinski definition) is 2. The molecule has 0 amide bonds. The quantitative estimate of drug-likeness (QED) is 0.726. The van der Waals surface area contributed by atoms with Gasteiger partial charge >= 0.3 is 0 Å². The molecular weight excluding hydrogens is 171 g/mol. The van der Waals surface area contributed by atoms with Gasteiger partial charge in [0, 0.05) is 0 Å². The Balaban J connectivity index is 2.98. The summed E-state index contributed by atoms with van der Waals surface area (Å²) in [6.45, 7) is 1.32. The molecule has 2 unspecified atom stereocenters. The van der Waals surface area contributed by atoms with Crippen LogP contribution in [0.25, 0.3) is 0 Å². The Kier molecular flexibility index (Phi) is 3.01. The molecule has 13 heavy (non-hydrogen) atoms. The first kappa shape index (κ1) is 9.71. The average Bonchev–Trinajstić information content (AvgIpc) is 2.04. The first-order valence-corrected chi connectivity index (χ1v) is 4.03. The topological polar surface area (TPSA) is 37.3 Å². The number of alkyl halides is 1. The monoisotopic (exact) mass is 182 g/mol. The number of hydrogen-bond donors (Lipinski definition) is 1. The van der Waals surface area contributed by atoms with E-state index in [0.717, 1.165) is 0 Å². The van der Waals surface area contributed by atoms with E-state index in [4.69, 9.17) is 5.11 Å². The summed E-state index contributed by atoms with van der Waals surface area (Å²) in [5, 5.41) is 9.10. The summed E-state index contributed by atoms with van der Waals surface area (Å²) < 4.78 is 12.9. The number of aromatic hydroxyl groups is 1. The highest BCUT2D eigenvalue weighted by molar-refractivity contribution is 5.63. The van der Waals surface area contributed by atoms with E-state index in [1.807, 2.05) is 0 Å². The summed E-state index contributed by atoms with van der Waals surface area (Å²) in [5.41, 5.74) is 0.505. The van der Waals surface area contributed by atoms with Crippen molar-refractivity contribution in [2.24, 2.45) is 0 Å². The van der Waals surface area contributed by atoms with Crippen LogP contribution in [0, 0.1) is 0 Å². The van der Waals surface area contributed by atoms with E-state index in [2.05, 4.69) is 0 Å². The SMILES string of the molecule is CC(F)C(C=O)c1cccc(O)c1. The molecule has 70 valence electrons. The van der Waals surface area contributed by atoms with E-state index in [0.29, 0.717) is 11.8 Å². The molecule has 0 heterocycles. The lowest BCUT2D eigenvalue weighted by Gasteiger charge is -2.11. The van der Waals surface area contributed by atoms with E-state index in [1.54, 1.807) is 12.1 Å². The van der Waals surface area contributed by atoms with Crippen molar-refractivity contribution < 1.29 is 14.3 Å². The van der Waals surface area contributed by atoms with Crippen LogP contribution < -0.4 is 0 Å². The van der Waals surface area contributed by atoms with Crippen LogP contribution in [0.4, 0.5) is 4.39 Å². The van der Waals surface area contributed by atoms with Crippen molar-refractivity contribution in [3.05, 3.63) is 29.8 Å². The van der Waals surface area contributed by atoms with Gasteiger partial charge in [0.2, 0.25) is 0 Å². The molecule has 0 saturated heterocycles. The first-order valence-electron chi connectivity index (χ1n) is 4.03. The van der Waals surface area contributed by atoms with Crippen molar-refractivity contribution in [1.82, 2.24) is 0 Å². The standard InChI is InChI=1S/C10H11FO2/c1-7(11)10(6-12)8-3-2-4-9(13)5-8/h2-7,10,13H,1H3. The van der Waals surface area contributed by atoms with Crippen molar-refractivity contribution in [3.8, 4) is 5.75 Å². The molecule has 0 bridgehead atoms. The van der Waals surface area contributed by atoms with Crippen molar-refractivity contribution in [2.45, 2.75) is 19.0 Å². The Bertz CT molecular complexity index is 297. The molecule has 0 aromatic heterocycles. The third-order valence-corrected chi connectivity index (χ3v) is 1.90. The van der Waals surface area contributed by atoms with Crippen LogP contribution in [-0.4, -0.2) is 17.6 Å². The lowest BCUT2D eigenvalue weighted by molar-refractivity contribution is -0.110. The highest BCUT2D eigenvalue weighted by Gasteiger charge is 2.17. The Labute approximate surface area is 76.0 Å². The summed E-state index contributed by atoms with van der Waals surface area (Å²) in [4.78, 5) is 10.5. The molecule has 1 aromatic carbocycles.